The monoisotopic (exact) mass is 413 g/mol. The Bertz CT molecular complexity index is 1040. The average Bonchev–Trinajstić information content (AvgIpc) is 3.12. The second-order valence-electron chi connectivity index (χ2n) is 6.29. The molecule has 2 N–H and O–H groups in total. The van der Waals surface area contributed by atoms with Gasteiger partial charge < -0.3 is 5.32 Å². The topological polar surface area (TPSA) is 88.9 Å². The lowest BCUT2D eigenvalue weighted by atomic mass is 10.2. The maximum Gasteiger partial charge on any atom is 0.321 e. The number of aromatic nitrogens is 3. The Hall–Kier alpha value is -3.20. The maximum atomic E-state index is 14.4. The van der Waals surface area contributed by atoms with Crippen LogP contribution in [0.15, 0.2) is 53.7 Å². The highest BCUT2D eigenvalue weighted by molar-refractivity contribution is 8.00. The van der Waals surface area contributed by atoms with Crippen LogP contribution in [0, 0.1) is 12.7 Å². The largest absolute Gasteiger partial charge is 0.341 e. The molecule has 0 aliphatic carbocycles. The van der Waals surface area contributed by atoms with Crippen LogP contribution in [0.2, 0.25) is 0 Å². The molecule has 0 bridgehead atoms. The molecular weight excluding hydrogens is 393 g/mol. The van der Waals surface area contributed by atoms with E-state index in [9.17, 15) is 14.0 Å². The van der Waals surface area contributed by atoms with Crippen molar-refractivity contribution in [2.45, 2.75) is 24.3 Å². The van der Waals surface area contributed by atoms with Gasteiger partial charge >= 0.3 is 6.03 Å². The Morgan fingerprint density at radius 1 is 1.10 bits per heavy atom. The summed E-state index contributed by atoms with van der Waals surface area (Å²) in [5.74, 6) is -0.566. The molecule has 7 nitrogen and oxygen atoms in total. The first-order chi connectivity index (χ1) is 13.9. The second kappa shape index (κ2) is 8.87. The van der Waals surface area contributed by atoms with Crippen molar-refractivity contribution in [2.75, 3.05) is 7.05 Å². The normalized spacial score (nSPS) is 11.7. The molecule has 3 aromatic rings. The Morgan fingerprint density at radius 3 is 2.45 bits per heavy atom. The number of hydrogen-bond donors (Lipinski definition) is 2. The Balaban J connectivity index is 2.01. The van der Waals surface area contributed by atoms with Crippen molar-refractivity contribution >= 4 is 23.7 Å². The van der Waals surface area contributed by atoms with Crippen LogP contribution in [0.25, 0.3) is 17.1 Å². The molecule has 1 heterocycles. The van der Waals surface area contributed by atoms with E-state index in [0.717, 1.165) is 23.0 Å². The van der Waals surface area contributed by atoms with Gasteiger partial charge in [-0.25, -0.2) is 9.18 Å². The highest BCUT2D eigenvalue weighted by Gasteiger charge is 2.23. The van der Waals surface area contributed by atoms with Gasteiger partial charge in [0.2, 0.25) is 5.91 Å². The molecule has 3 amide bonds. The van der Waals surface area contributed by atoms with E-state index in [1.165, 1.54) is 13.1 Å². The van der Waals surface area contributed by atoms with E-state index in [0.29, 0.717) is 16.5 Å². The van der Waals surface area contributed by atoms with Crippen LogP contribution >= 0.6 is 11.8 Å². The molecule has 150 valence electrons. The van der Waals surface area contributed by atoms with Gasteiger partial charge in [-0.1, -0.05) is 41.6 Å². The Labute approximate surface area is 171 Å². The van der Waals surface area contributed by atoms with Crippen molar-refractivity contribution in [2.24, 2.45) is 0 Å². The smallest absolute Gasteiger partial charge is 0.321 e. The standard InChI is InChI=1S/C20H20FN5O2S/c1-12-8-10-14(11-9-12)26-17(15-6-4-5-7-16(15)21)24-25-20(26)29-13(2)18(27)23-19(28)22-3/h4-11,13H,1-3H3,(H2,22,23,27,28). The predicted octanol–water partition coefficient (Wildman–Crippen LogP) is 3.32. The van der Waals surface area contributed by atoms with Crippen LogP contribution in [0.3, 0.4) is 0 Å². The van der Waals surface area contributed by atoms with Crippen LogP contribution in [0.5, 0.6) is 0 Å². The van der Waals surface area contributed by atoms with Gasteiger partial charge in [0.1, 0.15) is 5.82 Å². The molecule has 0 radical (unpaired) electrons. The highest BCUT2D eigenvalue weighted by atomic mass is 32.2. The number of rotatable bonds is 5. The predicted molar refractivity (Wildman–Crippen MR) is 109 cm³/mol. The summed E-state index contributed by atoms with van der Waals surface area (Å²) in [4.78, 5) is 23.6. The summed E-state index contributed by atoms with van der Waals surface area (Å²) in [5, 5.41) is 12.7. The summed E-state index contributed by atoms with van der Waals surface area (Å²) >= 11 is 1.13. The molecule has 29 heavy (non-hydrogen) atoms. The van der Waals surface area contributed by atoms with E-state index >= 15 is 0 Å². The lowest BCUT2D eigenvalue weighted by Gasteiger charge is -2.14. The van der Waals surface area contributed by atoms with Gasteiger partial charge in [0, 0.05) is 12.7 Å². The summed E-state index contributed by atoms with van der Waals surface area (Å²) in [7, 11) is 1.43. The number of halogens is 1. The number of urea groups is 1. The van der Waals surface area contributed by atoms with Crippen molar-refractivity contribution < 1.29 is 14.0 Å². The Kier molecular flexibility index (Phi) is 6.28. The zero-order valence-corrected chi connectivity index (χ0v) is 17.0. The van der Waals surface area contributed by atoms with Gasteiger partial charge in [-0.3, -0.25) is 14.7 Å². The second-order valence-corrected chi connectivity index (χ2v) is 7.59. The molecule has 3 rings (SSSR count). The number of thioether (sulfide) groups is 1. The number of amides is 3. The van der Waals surface area contributed by atoms with Gasteiger partial charge in [-0.05, 0) is 38.1 Å². The average molecular weight is 413 g/mol. The number of nitrogens with zero attached hydrogens (tertiary/aromatic N) is 3. The molecule has 0 fully saturated rings. The number of imide groups is 1. The highest BCUT2D eigenvalue weighted by Crippen LogP contribution is 2.31. The molecule has 1 aromatic heterocycles. The fourth-order valence-corrected chi connectivity index (χ4v) is 3.44. The minimum absolute atomic E-state index is 0.301. The molecule has 1 unspecified atom stereocenters. The summed E-state index contributed by atoms with van der Waals surface area (Å²) in [6.45, 7) is 3.62. The van der Waals surface area contributed by atoms with Gasteiger partial charge in [0.15, 0.2) is 11.0 Å². The summed E-state index contributed by atoms with van der Waals surface area (Å²) in [6, 6.07) is 13.3. The molecular formula is C20H20FN5O2S. The molecule has 0 aliphatic rings. The van der Waals surface area contributed by atoms with Gasteiger partial charge in [0.25, 0.3) is 0 Å². The van der Waals surface area contributed by atoms with E-state index in [2.05, 4.69) is 20.8 Å². The SMILES string of the molecule is CNC(=O)NC(=O)C(C)Sc1nnc(-c2ccccc2F)n1-c1ccc(C)cc1. The quantitative estimate of drug-likeness (QED) is 0.627. The summed E-state index contributed by atoms with van der Waals surface area (Å²) in [6.07, 6.45) is 0. The van der Waals surface area contributed by atoms with Crippen molar-refractivity contribution in [3.05, 3.63) is 59.9 Å². The molecule has 0 saturated heterocycles. The van der Waals surface area contributed by atoms with Crippen molar-refractivity contribution in [3.63, 3.8) is 0 Å². The fourth-order valence-electron chi connectivity index (χ4n) is 2.58. The number of benzene rings is 2. The van der Waals surface area contributed by atoms with E-state index < -0.39 is 23.0 Å². The number of carbonyl (C=O) groups excluding carboxylic acids is 2. The molecule has 0 spiro atoms. The molecule has 1 atom stereocenters. The molecule has 0 aliphatic heterocycles. The van der Waals surface area contributed by atoms with Crippen LogP contribution in [-0.4, -0.2) is 39.0 Å². The molecule has 2 aromatic carbocycles. The number of hydrogen-bond acceptors (Lipinski definition) is 5. The third-order valence-corrected chi connectivity index (χ3v) is 5.20. The van der Waals surface area contributed by atoms with Crippen LogP contribution in [-0.2, 0) is 4.79 Å². The zero-order chi connectivity index (χ0) is 21.0. The zero-order valence-electron chi connectivity index (χ0n) is 16.1. The van der Waals surface area contributed by atoms with E-state index in [1.54, 1.807) is 29.7 Å². The van der Waals surface area contributed by atoms with E-state index in [1.807, 2.05) is 31.2 Å². The van der Waals surface area contributed by atoms with Crippen molar-refractivity contribution in [1.29, 1.82) is 0 Å². The first kappa shape index (κ1) is 20.5. The minimum atomic E-state index is -0.630. The Morgan fingerprint density at radius 2 is 1.79 bits per heavy atom. The van der Waals surface area contributed by atoms with Crippen LogP contribution in [0.4, 0.5) is 9.18 Å². The third-order valence-electron chi connectivity index (χ3n) is 4.16. The molecule has 0 saturated carbocycles. The minimum Gasteiger partial charge on any atom is -0.341 e. The van der Waals surface area contributed by atoms with Crippen LogP contribution < -0.4 is 10.6 Å². The lowest BCUT2D eigenvalue weighted by Crippen LogP contribution is -2.41. The number of aryl methyl sites for hydroxylation is 1. The van der Waals surface area contributed by atoms with Crippen molar-refractivity contribution in [3.8, 4) is 17.1 Å². The van der Waals surface area contributed by atoms with Crippen LogP contribution in [0.1, 0.15) is 12.5 Å². The maximum absolute atomic E-state index is 14.4. The summed E-state index contributed by atoms with van der Waals surface area (Å²) < 4.78 is 16.1. The van der Waals surface area contributed by atoms with Gasteiger partial charge in [-0.2, -0.15) is 0 Å². The summed E-state index contributed by atoms with van der Waals surface area (Å²) in [5.41, 5.74) is 2.11. The number of carbonyl (C=O) groups is 2. The third kappa shape index (κ3) is 4.62. The molecule has 9 heteroatoms. The van der Waals surface area contributed by atoms with E-state index in [4.69, 9.17) is 0 Å². The van der Waals surface area contributed by atoms with Gasteiger partial charge in [0.05, 0.1) is 10.8 Å². The van der Waals surface area contributed by atoms with E-state index in [-0.39, 0.29) is 0 Å². The van der Waals surface area contributed by atoms with Gasteiger partial charge in [-0.15, -0.1) is 10.2 Å². The number of nitrogens with one attached hydrogen (secondary N) is 2. The fraction of sp³-hybridized carbons (Fsp3) is 0.200. The lowest BCUT2D eigenvalue weighted by molar-refractivity contribution is -0.119. The first-order valence-corrected chi connectivity index (χ1v) is 9.75. The van der Waals surface area contributed by atoms with Crippen molar-refractivity contribution in [1.82, 2.24) is 25.4 Å². The first-order valence-electron chi connectivity index (χ1n) is 8.87.